The fourth-order valence-electron chi connectivity index (χ4n) is 3.75. The number of carbonyl (C=O) groups excluding carboxylic acids is 1. The van der Waals surface area contributed by atoms with Crippen LogP contribution in [0.5, 0.6) is 0 Å². The number of ether oxygens (including phenoxy) is 1. The van der Waals surface area contributed by atoms with E-state index in [1.807, 2.05) is 11.8 Å². The van der Waals surface area contributed by atoms with Crippen LogP contribution in [0.2, 0.25) is 0 Å². The van der Waals surface area contributed by atoms with Crippen molar-refractivity contribution in [2.24, 2.45) is 5.92 Å². The standard InChI is InChI=1S/C15H26N2O4/c1-3-11(9-21-2)16-15(20)17-12-4-5-13(17)7-10(6-12)8-14(18)19/h10-13H,3-9H2,1-2H3,(H,16,20)(H,18,19). The van der Waals surface area contributed by atoms with Gasteiger partial charge in [0.25, 0.3) is 0 Å². The molecular weight excluding hydrogens is 272 g/mol. The maximum absolute atomic E-state index is 12.5. The second kappa shape index (κ2) is 7.11. The van der Waals surface area contributed by atoms with Crippen LogP contribution >= 0.6 is 0 Å². The van der Waals surface area contributed by atoms with Crippen LogP contribution in [0.15, 0.2) is 0 Å². The number of piperidine rings is 1. The number of nitrogens with zero attached hydrogens (tertiary/aromatic N) is 1. The molecule has 120 valence electrons. The van der Waals surface area contributed by atoms with E-state index in [-0.39, 0.29) is 36.5 Å². The van der Waals surface area contributed by atoms with Crippen molar-refractivity contribution in [1.29, 1.82) is 0 Å². The number of carboxylic acids is 1. The topological polar surface area (TPSA) is 78.9 Å². The van der Waals surface area contributed by atoms with Crippen molar-refractivity contribution in [2.75, 3.05) is 13.7 Å². The van der Waals surface area contributed by atoms with E-state index in [1.165, 1.54) is 0 Å². The normalized spacial score (nSPS) is 29.2. The third-order valence-corrected chi connectivity index (χ3v) is 4.72. The molecule has 2 aliphatic rings. The summed E-state index contributed by atoms with van der Waals surface area (Å²) in [4.78, 5) is 25.3. The van der Waals surface area contributed by atoms with E-state index in [1.54, 1.807) is 7.11 Å². The van der Waals surface area contributed by atoms with E-state index in [0.717, 1.165) is 32.1 Å². The smallest absolute Gasteiger partial charge is 0.318 e. The van der Waals surface area contributed by atoms with Crippen LogP contribution in [0.1, 0.15) is 45.4 Å². The summed E-state index contributed by atoms with van der Waals surface area (Å²) in [7, 11) is 1.63. The van der Waals surface area contributed by atoms with Crippen LogP contribution < -0.4 is 5.32 Å². The molecule has 2 fully saturated rings. The number of amides is 2. The number of nitrogens with one attached hydrogen (secondary N) is 1. The molecule has 3 unspecified atom stereocenters. The van der Waals surface area contributed by atoms with Crippen LogP contribution in [0, 0.1) is 5.92 Å². The van der Waals surface area contributed by atoms with E-state index >= 15 is 0 Å². The molecule has 0 spiro atoms. The molecule has 2 amide bonds. The molecule has 0 aromatic rings. The zero-order chi connectivity index (χ0) is 15.4. The van der Waals surface area contributed by atoms with E-state index in [0.29, 0.717) is 6.61 Å². The summed E-state index contributed by atoms with van der Waals surface area (Å²) < 4.78 is 5.11. The summed E-state index contributed by atoms with van der Waals surface area (Å²) in [5.74, 6) is -0.520. The van der Waals surface area contributed by atoms with Gasteiger partial charge >= 0.3 is 12.0 Å². The molecule has 2 rings (SSSR count). The molecule has 0 aromatic heterocycles. The van der Waals surface area contributed by atoms with Gasteiger partial charge in [0, 0.05) is 25.6 Å². The van der Waals surface area contributed by atoms with E-state index in [9.17, 15) is 9.59 Å². The lowest BCUT2D eigenvalue weighted by Crippen LogP contribution is -2.53. The molecule has 0 saturated carbocycles. The minimum Gasteiger partial charge on any atom is -0.481 e. The SMILES string of the molecule is CCC(COC)NC(=O)N1C2CCC1CC(CC(=O)O)C2. The highest BCUT2D eigenvalue weighted by Gasteiger charge is 2.43. The van der Waals surface area contributed by atoms with Gasteiger partial charge in [-0.1, -0.05) is 6.92 Å². The van der Waals surface area contributed by atoms with Gasteiger partial charge in [0.05, 0.1) is 12.6 Å². The van der Waals surface area contributed by atoms with Crippen LogP contribution in [-0.4, -0.2) is 53.8 Å². The van der Waals surface area contributed by atoms with Gasteiger partial charge in [-0.25, -0.2) is 4.79 Å². The fourth-order valence-corrected chi connectivity index (χ4v) is 3.75. The molecule has 2 saturated heterocycles. The Bertz CT molecular complexity index is 374. The predicted octanol–water partition coefficient (Wildman–Crippen LogP) is 1.84. The molecule has 0 aliphatic carbocycles. The molecule has 3 atom stereocenters. The second-order valence-electron chi connectivity index (χ2n) is 6.24. The Hall–Kier alpha value is -1.30. The summed E-state index contributed by atoms with van der Waals surface area (Å²) >= 11 is 0. The van der Waals surface area contributed by atoms with E-state index in [2.05, 4.69) is 5.32 Å². The average Bonchev–Trinajstić information content (AvgIpc) is 2.69. The number of fused-ring (bicyclic) bond motifs is 2. The lowest BCUT2D eigenvalue weighted by molar-refractivity contribution is -0.138. The van der Waals surface area contributed by atoms with Crippen molar-refractivity contribution in [3.63, 3.8) is 0 Å². The molecule has 2 aliphatic heterocycles. The number of carbonyl (C=O) groups is 2. The maximum atomic E-state index is 12.5. The van der Waals surface area contributed by atoms with Crippen LogP contribution in [-0.2, 0) is 9.53 Å². The number of urea groups is 1. The Kier molecular flexibility index (Phi) is 5.45. The van der Waals surface area contributed by atoms with E-state index < -0.39 is 5.97 Å². The molecule has 2 N–H and O–H groups in total. The highest BCUT2D eigenvalue weighted by molar-refractivity contribution is 5.76. The van der Waals surface area contributed by atoms with Gasteiger partial charge < -0.3 is 20.1 Å². The van der Waals surface area contributed by atoms with Gasteiger partial charge in [-0.15, -0.1) is 0 Å². The van der Waals surface area contributed by atoms with Crippen LogP contribution in [0.4, 0.5) is 4.79 Å². The molecule has 2 heterocycles. The van der Waals surface area contributed by atoms with Gasteiger partial charge in [0.15, 0.2) is 0 Å². The van der Waals surface area contributed by atoms with Crippen LogP contribution in [0.25, 0.3) is 0 Å². The minimum atomic E-state index is -0.733. The van der Waals surface area contributed by atoms with Crippen molar-refractivity contribution < 1.29 is 19.4 Å². The summed E-state index contributed by atoms with van der Waals surface area (Å²) in [5, 5.41) is 12.0. The first-order chi connectivity index (χ1) is 10.0. The highest BCUT2D eigenvalue weighted by Crippen LogP contribution is 2.39. The average molecular weight is 298 g/mol. The predicted molar refractivity (Wildman–Crippen MR) is 78.1 cm³/mol. The first-order valence-electron chi connectivity index (χ1n) is 7.84. The van der Waals surface area contributed by atoms with Crippen LogP contribution in [0.3, 0.4) is 0 Å². The number of aliphatic carboxylic acids is 1. The van der Waals surface area contributed by atoms with Gasteiger partial charge in [0.2, 0.25) is 0 Å². The number of rotatable bonds is 6. The van der Waals surface area contributed by atoms with Gasteiger partial charge in [-0.3, -0.25) is 4.79 Å². The quantitative estimate of drug-likeness (QED) is 0.784. The molecule has 21 heavy (non-hydrogen) atoms. The molecule has 0 aromatic carbocycles. The number of hydrogen-bond acceptors (Lipinski definition) is 3. The zero-order valence-corrected chi connectivity index (χ0v) is 12.9. The van der Waals surface area contributed by atoms with Crippen molar-refractivity contribution in [1.82, 2.24) is 10.2 Å². The lowest BCUT2D eigenvalue weighted by atomic mass is 9.88. The third kappa shape index (κ3) is 3.87. The van der Waals surface area contributed by atoms with Gasteiger partial charge in [0.1, 0.15) is 0 Å². The van der Waals surface area contributed by atoms with Crippen molar-refractivity contribution >= 4 is 12.0 Å². The van der Waals surface area contributed by atoms with Crippen molar-refractivity contribution in [2.45, 2.75) is 63.6 Å². The Morgan fingerprint density at radius 1 is 1.33 bits per heavy atom. The summed E-state index contributed by atoms with van der Waals surface area (Å²) in [6.45, 7) is 2.55. The second-order valence-corrected chi connectivity index (χ2v) is 6.24. The molecule has 6 heteroatoms. The summed E-state index contributed by atoms with van der Waals surface area (Å²) in [6.07, 6.45) is 4.69. The maximum Gasteiger partial charge on any atom is 0.318 e. The Morgan fingerprint density at radius 3 is 2.43 bits per heavy atom. The molecule has 0 radical (unpaired) electrons. The van der Waals surface area contributed by atoms with Crippen molar-refractivity contribution in [3.05, 3.63) is 0 Å². The Labute approximate surface area is 125 Å². The number of methoxy groups -OCH3 is 1. The number of hydrogen-bond donors (Lipinski definition) is 2. The minimum absolute atomic E-state index is 0.0137. The molecule has 2 bridgehead atoms. The largest absolute Gasteiger partial charge is 0.481 e. The van der Waals surface area contributed by atoms with Gasteiger partial charge in [-0.2, -0.15) is 0 Å². The Balaban J connectivity index is 1.93. The first-order valence-corrected chi connectivity index (χ1v) is 7.84. The Morgan fingerprint density at radius 2 is 1.95 bits per heavy atom. The molecular formula is C15H26N2O4. The third-order valence-electron chi connectivity index (χ3n) is 4.72. The lowest BCUT2D eigenvalue weighted by Gasteiger charge is -2.39. The first kappa shape index (κ1) is 16.1. The summed E-state index contributed by atoms with van der Waals surface area (Å²) in [6, 6.07) is 0.431. The highest BCUT2D eigenvalue weighted by atomic mass is 16.5. The number of carboxylic acid groups (broad SMARTS) is 1. The fraction of sp³-hybridized carbons (Fsp3) is 0.867. The van der Waals surface area contributed by atoms with Crippen molar-refractivity contribution in [3.8, 4) is 0 Å². The summed E-state index contributed by atoms with van der Waals surface area (Å²) in [5.41, 5.74) is 0. The van der Waals surface area contributed by atoms with E-state index in [4.69, 9.17) is 9.84 Å². The zero-order valence-electron chi connectivity index (χ0n) is 12.9. The molecule has 6 nitrogen and oxygen atoms in total. The van der Waals surface area contributed by atoms with Gasteiger partial charge in [-0.05, 0) is 38.0 Å². The monoisotopic (exact) mass is 298 g/mol.